The van der Waals surface area contributed by atoms with Gasteiger partial charge >= 0.3 is 0 Å². The van der Waals surface area contributed by atoms with Crippen molar-refractivity contribution < 1.29 is 5.11 Å². The fraction of sp³-hybridized carbons (Fsp3) is 0.727. The van der Waals surface area contributed by atoms with Crippen molar-refractivity contribution in [3.05, 3.63) is 11.8 Å². The maximum Gasteiger partial charge on any atom is 0.123 e. The second kappa shape index (κ2) is 5.02. The molecule has 3 heteroatoms. The Bertz CT molecular complexity index is 253. The summed E-state index contributed by atoms with van der Waals surface area (Å²) < 4.78 is 0. The van der Waals surface area contributed by atoms with Gasteiger partial charge in [0, 0.05) is 24.2 Å². The molecular weight excluding hydrogens is 176 g/mol. The van der Waals surface area contributed by atoms with Crippen LogP contribution in [0.5, 0.6) is 0 Å². The largest absolute Gasteiger partial charge is 0.374 e. The highest BCUT2D eigenvalue weighted by atomic mass is 16.3. The summed E-state index contributed by atoms with van der Waals surface area (Å²) in [4.78, 5) is 1.92. The topological polar surface area (TPSA) is 47.3 Å². The fourth-order valence-electron chi connectivity index (χ4n) is 2.12. The number of nitriles is 1. The Labute approximate surface area is 85.6 Å². The first kappa shape index (κ1) is 11.1. The molecule has 0 radical (unpaired) electrons. The molecule has 0 aromatic heterocycles. The Kier molecular flexibility index (Phi) is 3.97. The molecule has 1 fully saturated rings. The van der Waals surface area contributed by atoms with Crippen molar-refractivity contribution >= 4 is 0 Å². The van der Waals surface area contributed by atoms with Crippen LogP contribution in [0.4, 0.5) is 0 Å². The summed E-state index contributed by atoms with van der Waals surface area (Å²) in [5.41, 5.74) is 1.02. The standard InChI is InChI=1S/C11H18N2O/c1-3-4-10-6-8-13(9(2)14)11(10)5-7-12/h5,9-10,14H,3-4,6,8H2,1-2H3/b11-5+. The van der Waals surface area contributed by atoms with Gasteiger partial charge in [0.25, 0.3) is 0 Å². The first-order valence-corrected chi connectivity index (χ1v) is 5.25. The smallest absolute Gasteiger partial charge is 0.123 e. The van der Waals surface area contributed by atoms with E-state index in [2.05, 4.69) is 13.0 Å². The lowest BCUT2D eigenvalue weighted by Gasteiger charge is -2.24. The van der Waals surface area contributed by atoms with E-state index < -0.39 is 6.23 Å². The minimum atomic E-state index is -0.476. The molecule has 1 N–H and O–H groups in total. The predicted molar refractivity (Wildman–Crippen MR) is 55.1 cm³/mol. The van der Waals surface area contributed by atoms with E-state index >= 15 is 0 Å². The molecule has 0 aromatic rings. The molecular formula is C11H18N2O. The van der Waals surface area contributed by atoms with Crippen molar-refractivity contribution in [2.45, 2.75) is 39.3 Å². The Morgan fingerprint density at radius 1 is 1.79 bits per heavy atom. The van der Waals surface area contributed by atoms with Crippen molar-refractivity contribution in [1.29, 1.82) is 5.26 Å². The lowest BCUT2D eigenvalue weighted by atomic mass is 9.99. The molecule has 2 atom stereocenters. The first-order valence-electron chi connectivity index (χ1n) is 5.25. The molecule has 0 saturated carbocycles. The molecule has 0 spiro atoms. The minimum absolute atomic E-state index is 0.467. The molecule has 3 nitrogen and oxygen atoms in total. The van der Waals surface area contributed by atoms with E-state index in [-0.39, 0.29) is 0 Å². The summed E-state index contributed by atoms with van der Waals surface area (Å²) in [6.07, 6.45) is 4.40. The normalized spacial score (nSPS) is 26.6. The highest BCUT2D eigenvalue weighted by molar-refractivity contribution is 5.18. The van der Waals surface area contributed by atoms with Crippen LogP contribution in [0.3, 0.4) is 0 Å². The number of aliphatic hydroxyl groups is 1. The number of aliphatic hydroxyl groups excluding tert-OH is 1. The average molecular weight is 194 g/mol. The van der Waals surface area contributed by atoms with Gasteiger partial charge in [-0.05, 0) is 19.8 Å². The zero-order valence-corrected chi connectivity index (χ0v) is 8.90. The molecule has 14 heavy (non-hydrogen) atoms. The van der Waals surface area contributed by atoms with E-state index in [0.29, 0.717) is 5.92 Å². The number of likely N-dealkylation sites (tertiary alicyclic amines) is 1. The minimum Gasteiger partial charge on any atom is -0.374 e. The maximum absolute atomic E-state index is 9.51. The maximum atomic E-state index is 9.51. The van der Waals surface area contributed by atoms with Crippen LogP contribution in [0.15, 0.2) is 11.8 Å². The van der Waals surface area contributed by atoms with E-state index in [9.17, 15) is 5.11 Å². The van der Waals surface area contributed by atoms with Gasteiger partial charge < -0.3 is 10.0 Å². The SMILES string of the molecule is CCCC1CCN(C(C)O)/C1=C/C#N. The number of rotatable bonds is 3. The molecule has 1 heterocycles. The van der Waals surface area contributed by atoms with Crippen molar-refractivity contribution in [3.8, 4) is 6.07 Å². The second-order valence-corrected chi connectivity index (χ2v) is 3.80. The average Bonchev–Trinajstić information content (AvgIpc) is 2.50. The van der Waals surface area contributed by atoms with Gasteiger partial charge in [0.2, 0.25) is 0 Å². The Morgan fingerprint density at radius 2 is 2.50 bits per heavy atom. The van der Waals surface area contributed by atoms with Crippen molar-refractivity contribution in [2.24, 2.45) is 5.92 Å². The van der Waals surface area contributed by atoms with Crippen LogP contribution in [0.25, 0.3) is 0 Å². The van der Waals surface area contributed by atoms with Gasteiger partial charge in [0.05, 0.1) is 6.07 Å². The molecule has 0 bridgehead atoms. The van der Waals surface area contributed by atoms with Crippen LogP contribution in [0.1, 0.15) is 33.1 Å². The number of allylic oxidation sites excluding steroid dienone is 2. The lowest BCUT2D eigenvalue weighted by molar-refractivity contribution is 0.0550. The molecule has 1 aliphatic heterocycles. The van der Waals surface area contributed by atoms with Crippen LogP contribution < -0.4 is 0 Å². The zero-order valence-electron chi connectivity index (χ0n) is 8.90. The number of hydrogen-bond donors (Lipinski definition) is 1. The van der Waals surface area contributed by atoms with Crippen LogP contribution in [-0.4, -0.2) is 22.8 Å². The molecule has 0 amide bonds. The van der Waals surface area contributed by atoms with Gasteiger partial charge in [0.1, 0.15) is 6.23 Å². The van der Waals surface area contributed by atoms with Crippen LogP contribution in [-0.2, 0) is 0 Å². The van der Waals surface area contributed by atoms with Gasteiger partial charge in [-0.25, -0.2) is 0 Å². The summed E-state index contributed by atoms with van der Waals surface area (Å²) in [5, 5.41) is 18.2. The number of nitrogens with zero attached hydrogens (tertiary/aromatic N) is 2. The predicted octanol–water partition coefficient (Wildman–Crippen LogP) is 1.85. The van der Waals surface area contributed by atoms with Gasteiger partial charge in [-0.1, -0.05) is 13.3 Å². The second-order valence-electron chi connectivity index (χ2n) is 3.80. The van der Waals surface area contributed by atoms with E-state index in [1.807, 2.05) is 4.90 Å². The van der Waals surface area contributed by atoms with Crippen LogP contribution in [0, 0.1) is 17.2 Å². The van der Waals surface area contributed by atoms with Gasteiger partial charge in [-0.15, -0.1) is 0 Å². The van der Waals surface area contributed by atoms with Crippen LogP contribution in [0.2, 0.25) is 0 Å². The zero-order chi connectivity index (χ0) is 10.6. The third-order valence-corrected chi connectivity index (χ3v) is 2.77. The van der Waals surface area contributed by atoms with E-state index in [4.69, 9.17) is 5.26 Å². The number of hydrogen-bond acceptors (Lipinski definition) is 3. The highest BCUT2D eigenvalue weighted by Gasteiger charge is 2.29. The Hall–Kier alpha value is -1.01. The molecule has 1 saturated heterocycles. The summed E-state index contributed by atoms with van der Waals surface area (Å²) in [5.74, 6) is 0.467. The van der Waals surface area contributed by atoms with E-state index in [1.165, 1.54) is 0 Å². The summed E-state index contributed by atoms with van der Waals surface area (Å²) in [6.45, 7) is 4.77. The van der Waals surface area contributed by atoms with E-state index in [0.717, 1.165) is 31.5 Å². The van der Waals surface area contributed by atoms with E-state index in [1.54, 1.807) is 13.0 Å². The van der Waals surface area contributed by atoms with Gasteiger partial charge in [0.15, 0.2) is 0 Å². The fourth-order valence-corrected chi connectivity index (χ4v) is 2.12. The Morgan fingerprint density at radius 3 is 3.00 bits per heavy atom. The first-order chi connectivity index (χ1) is 6.70. The molecule has 78 valence electrons. The molecule has 1 rings (SSSR count). The van der Waals surface area contributed by atoms with Crippen molar-refractivity contribution in [1.82, 2.24) is 4.90 Å². The third kappa shape index (κ3) is 2.27. The van der Waals surface area contributed by atoms with Crippen molar-refractivity contribution in [2.75, 3.05) is 6.54 Å². The van der Waals surface area contributed by atoms with Gasteiger partial charge in [-0.2, -0.15) is 5.26 Å². The Balaban J connectivity index is 2.76. The molecule has 0 aromatic carbocycles. The summed E-state index contributed by atoms with van der Waals surface area (Å²) >= 11 is 0. The summed E-state index contributed by atoms with van der Waals surface area (Å²) in [7, 11) is 0. The molecule has 1 aliphatic rings. The van der Waals surface area contributed by atoms with Crippen LogP contribution >= 0.6 is 0 Å². The molecule has 2 unspecified atom stereocenters. The summed E-state index contributed by atoms with van der Waals surface area (Å²) in [6, 6.07) is 2.07. The third-order valence-electron chi connectivity index (χ3n) is 2.77. The lowest BCUT2D eigenvalue weighted by Crippen LogP contribution is -2.28. The van der Waals surface area contributed by atoms with Gasteiger partial charge in [-0.3, -0.25) is 0 Å². The highest BCUT2D eigenvalue weighted by Crippen LogP contribution is 2.32. The quantitative estimate of drug-likeness (QED) is 0.697. The van der Waals surface area contributed by atoms with Crippen molar-refractivity contribution in [3.63, 3.8) is 0 Å². The molecule has 0 aliphatic carbocycles. The monoisotopic (exact) mass is 194 g/mol.